The van der Waals surface area contributed by atoms with Gasteiger partial charge >= 0.3 is 6.09 Å². The third-order valence-electron chi connectivity index (χ3n) is 6.22. The van der Waals surface area contributed by atoms with Crippen molar-refractivity contribution >= 4 is 23.1 Å². The predicted octanol–water partition coefficient (Wildman–Crippen LogP) is 4.87. The van der Waals surface area contributed by atoms with Gasteiger partial charge in [-0.2, -0.15) is 5.10 Å². The van der Waals surface area contributed by atoms with Gasteiger partial charge in [0.05, 0.1) is 12.0 Å². The van der Waals surface area contributed by atoms with Gasteiger partial charge in [-0.1, -0.05) is 0 Å². The molecule has 0 spiro atoms. The second-order valence-corrected chi connectivity index (χ2v) is 10.1. The molecule has 1 fully saturated rings. The van der Waals surface area contributed by atoms with Gasteiger partial charge in [0.1, 0.15) is 17.6 Å². The Kier molecular flexibility index (Phi) is 7.00. The maximum Gasteiger partial charge on any atom is 0.407 e. The highest BCUT2D eigenvalue weighted by Gasteiger charge is 2.27. The van der Waals surface area contributed by atoms with Gasteiger partial charge < -0.3 is 20.1 Å². The van der Waals surface area contributed by atoms with Crippen LogP contribution in [0.25, 0.3) is 16.8 Å². The number of nitrogens with zero attached hydrogens (tertiary/aromatic N) is 4. The van der Waals surface area contributed by atoms with Crippen LogP contribution in [-0.2, 0) is 4.74 Å². The fraction of sp³-hybridized carbons (Fsp3) is 0.480. The Labute approximate surface area is 209 Å². The molecule has 4 rings (SSSR count). The molecule has 11 nitrogen and oxygen atoms in total. The minimum absolute atomic E-state index is 0.00209. The first-order valence-electron chi connectivity index (χ1n) is 12.0. The van der Waals surface area contributed by atoms with Gasteiger partial charge in [0.15, 0.2) is 11.4 Å². The largest absolute Gasteiger partial charge is 0.493 e. The third-order valence-corrected chi connectivity index (χ3v) is 6.22. The standard InChI is InChI=1S/C25H32N6O5/c1-15-10-20(28-17-6-8-18(9-7-17)29-24(32)36-25(2,3)4)21(31(33)34)12-19(15)16-11-22(35-5)23-26-14-27-30(23)13-16/h10-14,17-18,28H,6-9H2,1-5H3,(H,29,32). The predicted molar refractivity (Wildman–Crippen MR) is 135 cm³/mol. The molecule has 1 aromatic carbocycles. The molecule has 192 valence electrons. The van der Waals surface area contributed by atoms with Crippen molar-refractivity contribution in [1.82, 2.24) is 19.9 Å². The minimum Gasteiger partial charge on any atom is -0.493 e. The number of amides is 1. The molecule has 1 saturated carbocycles. The number of ether oxygens (including phenoxy) is 2. The number of rotatable bonds is 6. The van der Waals surface area contributed by atoms with E-state index in [9.17, 15) is 14.9 Å². The van der Waals surface area contributed by atoms with Crippen molar-refractivity contribution in [2.24, 2.45) is 0 Å². The maximum absolute atomic E-state index is 12.1. The number of methoxy groups -OCH3 is 1. The van der Waals surface area contributed by atoms with Crippen molar-refractivity contribution < 1.29 is 19.2 Å². The van der Waals surface area contributed by atoms with Crippen LogP contribution in [0.2, 0.25) is 0 Å². The molecule has 0 bridgehead atoms. The Hall–Kier alpha value is -3.89. The number of carbonyl (C=O) groups excluding carboxylic acids is 1. The van der Waals surface area contributed by atoms with Gasteiger partial charge in [-0.25, -0.2) is 14.3 Å². The fourth-order valence-corrected chi connectivity index (χ4v) is 4.54. The highest BCUT2D eigenvalue weighted by molar-refractivity contribution is 5.78. The summed E-state index contributed by atoms with van der Waals surface area (Å²) in [6.07, 6.45) is 5.88. The van der Waals surface area contributed by atoms with E-state index >= 15 is 0 Å². The second-order valence-electron chi connectivity index (χ2n) is 10.1. The maximum atomic E-state index is 12.1. The normalized spacial score (nSPS) is 18.0. The summed E-state index contributed by atoms with van der Waals surface area (Å²) in [5, 5.41) is 22.5. The summed E-state index contributed by atoms with van der Waals surface area (Å²) in [6, 6.07) is 5.31. The average molecular weight is 497 g/mol. The van der Waals surface area contributed by atoms with Crippen molar-refractivity contribution in [1.29, 1.82) is 0 Å². The van der Waals surface area contributed by atoms with Gasteiger partial charge in [0, 0.05) is 29.9 Å². The first-order chi connectivity index (χ1) is 17.0. The molecule has 0 atom stereocenters. The van der Waals surface area contributed by atoms with Gasteiger partial charge in [-0.3, -0.25) is 10.1 Å². The molecule has 36 heavy (non-hydrogen) atoms. The lowest BCUT2D eigenvalue weighted by atomic mass is 9.90. The molecular weight excluding hydrogens is 464 g/mol. The third kappa shape index (κ3) is 5.67. The molecule has 2 N–H and O–H groups in total. The number of aryl methyl sites for hydroxylation is 1. The zero-order valence-electron chi connectivity index (χ0n) is 21.2. The Morgan fingerprint density at radius 1 is 1.17 bits per heavy atom. The van der Waals surface area contributed by atoms with Crippen LogP contribution in [0.4, 0.5) is 16.2 Å². The molecule has 1 amide bonds. The Balaban J connectivity index is 1.50. The van der Waals surface area contributed by atoms with E-state index in [-0.39, 0.29) is 22.7 Å². The van der Waals surface area contributed by atoms with E-state index < -0.39 is 11.7 Å². The number of aromatic nitrogens is 3. The van der Waals surface area contributed by atoms with Crippen molar-refractivity contribution in [2.75, 3.05) is 12.4 Å². The van der Waals surface area contributed by atoms with Crippen molar-refractivity contribution in [3.05, 3.63) is 46.4 Å². The van der Waals surface area contributed by atoms with Crippen LogP contribution in [0, 0.1) is 17.0 Å². The van der Waals surface area contributed by atoms with E-state index in [1.54, 1.807) is 23.9 Å². The highest BCUT2D eigenvalue weighted by Crippen LogP contribution is 2.37. The fourth-order valence-electron chi connectivity index (χ4n) is 4.54. The molecule has 2 heterocycles. The smallest absolute Gasteiger partial charge is 0.407 e. The van der Waals surface area contributed by atoms with Crippen molar-refractivity contribution in [3.8, 4) is 16.9 Å². The zero-order chi connectivity index (χ0) is 26.0. The summed E-state index contributed by atoms with van der Waals surface area (Å²) in [7, 11) is 1.55. The molecule has 1 aliphatic carbocycles. The second kappa shape index (κ2) is 10.00. The number of nitro benzene ring substituents is 1. The summed E-state index contributed by atoms with van der Waals surface area (Å²) >= 11 is 0. The van der Waals surface area contributed by atoms with Crippen LogP contribution in [-0.4, -0.2) is 50.4 Å². The van der Waals surface area contributed by atoms with E-state index in [1.165, 1.54) is 6.33 Å². The monoisotopic (exact) mass is 496 g/mol. The van der Waals surface area contributed by atoms with Gasteiger partial charge in [0.2, 0.25) is 0 Å². The van der Waals surface area contributed by atoms with E-state index in [0.717, 1.165) is 36.8 Å². The summed E-state index contributed by atoms with van der Waals surface area (Å²) in [6.45, 7) is 7.41. The summed E-state index contributed by atoms with van der Waals surface area (Å²) in [5.41, 5.74) is 2.85. The van der Waals surface area contributed by atoms with E-state index in [2.05, 4.69) is 20.7 Å². The number of fused-ring (bicyclic) bond motifs is 1. The highest BCUT2D eigenvalue weighted by atomic mass is 16.6. The lowest BCUT2D eigenvalue weighted by Crippen LogP contribution is -2.42. The van der Waals surface area contributed by atoms with Crippen LogP contribution in [0.1, 0.15) is 52.0 Å². The Bertz CT molecular complexity index is 1270. The Morgan fingerprint density at radius 2 is 1.86 bits per heavy atom. The number of nitrogens with one attached hydrogen (secondary N) is 2. The van der Waals surface area contributed by atoms with Crippen molar-refractivity contribution in [2.45, 2.75) is 71.1 Å². The number of carbonyl (C=O) groups is 1. The minimum atomic E-state index is -0.544. The molecule has 0 aliphatic heterocycles. The number of pyridine rings is 1. The van der Waals surface area contributed by atoms with Crippen LogP contribution < -0.4 is 15.4 Å². The average Bonchev–Trinajstić information content (AvgIpc) is 3.27. The zero-order valence-corrected chi connectivity index (χ0v) is 21.2. The number of hydrogen-bond donors (Lipinski definition) is 2. The lowest BCUT2D eigenvalue weighted by Gasteiger charge is -2.31. The molecule has 11 heteroatoms. The van der Waals surface area contributed by atoms with E-state index in [1.807, 2.05) is 39.8 Å². The molecule has 0 saturated heterocycles. The molecular formula is C25H32N6O5. The quantitative estimate of drug-likeness (QED) is 0.365. The summed E-state index contributed by atoms with van der Waals surface area (Å²) in [4.78, 5) is 27.9. The van der Waals surface area contributed by atoms with Gasteiger partial charge in [0.25, 0.3) is 5.69 Å². The number of alkyl carbamates (subject to hydrolysis) is 1. The van der Waals surface area contributed by atoms with Gasteiger partial charge in [-0.15, -0.1) is 0 Å². The number of anilines is 1. The molecule has 2 aromatic heterocycles. The number of benzene rings is 1. The van der Waals surface area contributed by atoms with E-state index in [4.69, 9.17) is 9.47 Å². The molecule has 1 aliphatic rings. The van der Waals surface area contributed by atoms with Gasteiger partial charge in [-0.05, 0) is 76.6 Å². The first kappa shape index (κ1) is 25.2. The SMILES string of the molecule is COc1cc(-c2cc([N+](=O)[O-])c(NC3CCC(NC(=O)OC(C)(C)C)CC3)cc2C)cn2ncnc12. The lowest BCUT2D eigenvalue weighted by molar-refractivity contribution is -0.383. The first-order valence-corrected chi connectivity index (χ1v) is 12.0. The van der Waals surface area contributed by atoms with Crippen LogP contribution in [0.5, 0.6) is 5.75 Å². The topological polar surface area (TPSA) is 133 Å². The van der Waals surface area contributed by atoms with E-state index in [0.29, 0.717) is 22.6 Å². The Morgan fingerprint density at radius 3 is 2.50 bits per heavy atom. The van der Waals surface area contributed by atoms with Crippen molar-refractivity contribution in [3.63, 3.8) is 0 Å². The number of nitro groups is 1. The van der Waals surface area contributed by atoms with Crippen LogP contribution >= 0.6 is 0 Å². The molecule has 0 unspecified atom stereocenters. The van der Waals surface area contributed by atoms with Crippen LogP contribution in [0.15, 0.2) is 30.7 Å². The van der Waals surface area contributed by atoms with Crippen LogP contribution in [0.3, 0.4) is 0 Å². The molecule has 3 aromatic rings. The molecule has 0 radical (unpaired) electrons. The summed E-state index contributed by atoms with van der Waals surface area (Å²) in [5.74, 6) is 0.533. The number of hydrogen-bond acceptors (Lipinski definition) is 8. The summed E-state index contributed by atoms with van der Waals surface area (Å²) < 4.78 is 12.4.